The molecule has 3 aromatic rings. The molecule has 0 N–H and O–H groups in total. The van der Waals surface area contributed by atoms with Crippen LogP contribution in [0.25, 0.3) is 16.9 Å². The maximum atomic E-state index is 6.20. The molecule has 0 bridgehead atoms. The Labute approximate surface area is 124 Å². The van der Waals surface area contributed by atoms with Crippen LogP contribution < -0.4 is 0 Å². The molecule has 0 amide bonds. The summed E-state index contributed by atoms with van der Waals surface area (Å²) in [4.78, 5) is 4.54. The average Bonchev–Trinajstić information content (AvgIpc) is 2.72. The summed E-state index contributed by atoms with van der Waals surface area (Å²) < 4.78 is 1.59. The van der Waals surface area contributed by atoms with Gasteiger partial charge in [-0.3, -0.25) is 0 Å². The van der Waals surface area contributed by atoms with Crippen molar-refractivity contribution in [3.05, 3.63) is 51.2 Å². The summed E-state index contributed by atoms with van der Waals surface area (Å²) in [5, 5.41) is 5.77. The smallest absolute Gasteiger partial charge is 0.160 e. The predicted octanol–water partition coefficient (Wildman–Crippen LogP) is 4.66. The lowest BCUT2D eigenvalue weighted by Crippen LogP contribution is -1.95. The molecule has 19 heavy (non-hydrogen) atoms. The second kappa shape index (κ2) is 4.67. The minimum absolute atomic E-state index is 0.485. The monoisotopic (exact) mass is 311 g/mol. The number of hydrogen-bond acceptors (Lipinski definition) is 2. The minimum Gasteiger partial charge on any atom is -0.228 e. The first kappa shape index (κ1) is 12.7. The fourth-order valence-corrected chi connectivity index (χ4v) is 2.60. The molecular weight excluding hydrogens is 305 g/mol. The van der Waals surface area contributed by atoms with Gasteiger partial charge in [0.1, 0.15) is 5.15 Å². The zero-order valence-corrected chi connectivity index (χ0v) is 12.1. The van der Waals surface area contributed by atoms with Crippen molar-refractivity contribution in [2.24, 2.45) is 0 Å². The van der Waals surface area contributed by atoms with Gasteiger partial charge in [0.2, 0.25) is 0 Å². The molecule has 3 rings (SSSR count). The number of nitrogens with zero attached hydrogens (tertiary/aromatic N) is 3. The number of halogens is 3. The van der Waals surface area contributed by atoms with E-state index in [-0.39, 0.29) is 0 Å². The summed E-state index contributed by atoms with van der Waals surface area (Å²) >= 11 is 18.3. The maximum absolute atomic E-state index is 6.20. The van der Waals surface area contributed by atoms with E-state index in [2.05, 4.69) is 10.1 Å². The Bertz CT molecular complexity index is 780. The second-order valence-electron chi connectivity index (χ2n) is 4.15. The molecule has 0 atom stereocenters. The van der Waals surface area contributed by atoms with Gasteiger partial charge in [-0.05, 0) is 25.1 Å². The highest BCUT2D eigenvalue weighted by molar-refractivity contribution is 6.36. The van der Waals surface area contributed by atoms with E-state index in [9.17, 15) is 0 Å². The number of fused-ring (bicyclic) bond motifs is 1. The van der Waals surface area contributed by atoms with Crippen LogP contribution in [0.3, 0.4) is 0 Å². The Balaban J connectivity index is 2.27. The van der Waals surface area contributed by atoms with Crippen LogP contribution in [0.5, 0.6) is 0 Å². The van der Waals surface area contributed by atoms with Gasteiger partial charge in [0, 0.05) is 22.2 Å². The third kappa shape index (κ3) is 2.18. The molecule has 1 aromatic carbocycles. The molecule has 0 spiro atoms. The second-order valence-corrected chi connectivity index (χ2v) is 5.38. The fraction of sp³-hybridized carbons (Fsp3) is 0.0769. The molecule has 6 heteroatoms. The van der Waals surface area contributed by atoms with E-state index in [1.165, 1.54) is 0 Å². The van der Waals surface area contributed by atoms with E-state index in [1.807, 2.05) is 13.0 Å². The lowest BCUT2D eigenvalue weighted by molar-refractivity contribution is 0.942. The molecule has 96 valence electrons. The molecule has 3 nitrogen and oxygen atoms in total. The lowest BCUT2D eigenvalue weighted by atomic mass is 10.1. The van der Waals surface area contributed by atoms with Gasteiger partial charge in [-0.25, -0.2) is 9.50 Å². The van der Waals surface area contributed by atoms with Crippen molar-refractivity contribution in [3.8, 4) is 11.3 Å². The van der Waals surface area contributed by atoms with Crippen molar-refractivity contribution in [1.82, 2.24) is 14.6 Å². The van der Waals surface area contributed by atoms with Crippen molar-refractivity contribution in [3.63, 3.8) is 0 Å². The zero-order valence-electron chi connectivity index (χ0n) is 9.86. The number of rotatable bonds is 1. The van der Waals surface area contributed by atoms with E-state index in [4.69, 9.17) is 34.8 Å². The van der Waals surface area contributed by atoms with Crippen molar-refractivity contribution in [1.29, 1.82) is 0 Å². The predicted molar refractivity (Wildman–Crippen MR) is 78.2 cm³/mol. The first-order valence-corrected chi connectivity index (χ1v) is 6.66. The van der Waals surface area contributed by atoms with Crippen LogP contribution in [-0.4, -0.2) is 14.6 Å². The first-order valence-electron chi connectivity index (χ1n) is 5.52. The Morgan fingerprint density at radius 2 is 1.89 bits per heavy atom. The molecule has 0 unspecified atom stereocenters. The van der Waals surface area contributed by atoms with Crippen molar-refractivity contribution >= 4 is 40.4 Å². The Morgan fingerprint density at radius 3 is 2.63 bits per heavy atom. The Morgan fingerprint density at radius 1 is 1.11 bits per heavy atom. The van der Waals surface area contributed by atoms with Crippen LogP contribution in [0.2, 0.25) is 15.2 Å². The van der Waals surface area contributed by atoms with Gasteiger partial charge in [-0.15, -0.1) is 0 Å². The van der Waals surface area contributed by atoms with Crippen LogP contribution in [0.1, 0.15) is 5.56 Å². The number of benzene rings is 1. The van der Waals surface area contributed by atoms with Gasteiger partial charge < -0.3 is 0 Å². The lowest BCUT2D eigenvalue weighted by Gasteiger charge is -2.06. The van der Waals surface area contributed by atoms with E-state index >= 15 is 0 Å². The van der Waals surface area contributed by atoms with Gasteiger partial charge in [0.15, 0.2) is 5.65 Å². The van der Waals surface area contributed by atoms with Crippen molar-refractivity contribution in [2.45, 2.75) is 6.92 Å². The quantitative estimate of drug-likeness (QED) is 0.611. The molecule has 2 aromatic heterocycles. The van der Waals surface area contributed by atoms with Gasteiger partial charge in [-0.1, -0.05) is 34.8 Å². The summed E-state index contributed by atoms with van der Waals surface area (Å²) in [6.45, 7) is 1.93. The molecule has 0 aliphatic heterocycles. The molecule has 0 aliphatic carbocycles. The average molecular weight is 313 g/mol. The highest BCUT2D eigenvalue weighted by atomic mass is 35.5. The molecular formula is C13H8Cl3N3. The van der Waals surface area contributed by atoms with Crippen LogP contribution in [0.4, 0.5) is 0 Å². The largest absolute Gasteiger partial charge is 0.228 e. The topological polar surface area (TPSA) is 30.2 Å². The normalized spacial score (nSPS) is 11.2. The van der Waals surface area contributed by atoms with E-state index in [0.717, 1.165) is 11.1 Å². The SMILES string of the molecule is Cc1cnn2c(Cl)cc(-c3ccc(Cl)cc3Cl)nc12. The summed E-state index contributed by atoms with van der Waals surface area (Å²) in [6.07, 6.45) is 1.72. The summed E-state index contributed by atoms with van der Waals surface area (Å²) in [5.74, 6) is 0. The van der Waals surface area contributed by atoms with Crippen LogP contribution in [0, 0.1) is 6.92 Å². The highest BCUT2D eigenvalue weighted by Crippen LogP contribution is 2.31. The van der Waals surface area contributed by atoms with Gasteiger partial charge in [0.25, 0.3) is 0 Å². The molecule has 0 aliphatic rings. The number of aryl methyl sites for hydroxylation is 1. The molecule has 0 saturated heterocycles. The Kier molecular flexibility index (Phi) is 3.13. The standard InChI is InChI=1S/C13H8Cl3N3/c1-7-6-17-19-12(16)5-11(18-13(7)19)9-3-2-8(14)4-10(9)15/h2-6H,1H3. The fourth-order valence-electron chi connectivity index (χ4n) is 1.87. The maximum Gasteiger partial charge on any atom is 0.160 e. The van der Waals surface area contributed by atoms with Crippen molar-refractivity contribution < 1.29 is 0 Å². The summed E-state index contributed by atoms with van der Waals surface area (Å²) in [5.41, 5.74) is 3.15. The van der Waals surface area contributed by atoms with Crippen molar-refractivity contribution in [2.75, 3.05) is 0 Å². The Hall–Kier alpha value is -1.29. The molecule has 0 saturated carbocycles. The summed E-state index contributed by atoms with van der Waals surface area (Å²) in [6, 6.07) is 7.01. The van der Waals surface area contributed by atoms with E-state index in [0.29, 0.717) is 26.5 Å². The van der Waals surface area contributed by atoms with Crippen LogP contribution in [-0.2, 0) is 0 Å². The van der Waals surface area contributed by atoms with Crippen LogP contribution in [0.15, 0.2) is 30.5 Å². The van der Waals surface area contributed by atoms with Gasteiger partial charge in [0.05, 0.1) is 16.9 Å². The molecule has 0 fully saturated rings. The van der Waals surface area contributed by atoms with E-state index in [1.54, 1.807) is 28.9 Å². The zero-order chi connectivity index (χ0) is 13.6. The molecule has 0 radical (unpaired) electrons. The highest BCUT2D eigenvalue weighted by Gasteiger charge is 2.11. The number of hydrogen-bond donors (Lipinski definition) is 0. The van der Waals surface area contributed by atoms with Gasteiger partial charge >= 0.3 is 0 Å². The van der Waals surface area contributed by atoms with Gasteiger partial charge in [-0.2, -0.15) is 5.10 Å². The van der Waals surface area contributed by atoms with Crippen LogP contribution >= 0.6 is 34.8 Å². The van der Waals surface area contributed by atoms with E-state index < -0.39 is 0 Å². The molecule has 2 heterocycles. The minimum atomic E-state index is 0.485. The number of aromatic nitrogens is 3. The third-order valence-electron chi connectivity index (χ3n) is 2.81. The first-order chi connectivity index (χ1) is 9.06. The third-order valence-corrected chi connectivity index (χ3v) is 3.63. The summed E-state index contributed by atoms with van der Waals surface area (Å²) in [7, 11) is 0.